The standard InChI is InChI=1S/C23H30ClN3O4/c1-29-21-7-8-22(30-2)18(15-21)17-27(10-4-9-26-11-13-31-14-12-26)23(28)25-20-6-3-5-19(24)16-20/h3,5-8,15-16H,4,9-14,17H2,1-2H3,(H,25,28). The number of nitrogens with one attached hydrogen (secondary N) is 1. The zero-order valence-corrected chi connectivity index (χ0v) is 18.9. The molecule has 1 N–H and O–H groups in total. The predicted octanol–water partition coefficient (Wildman–Crippen LogP) is 4.11. The Kier molecular flexibility index (Phi) is 8.82. The largest absolute Gasteiger partial charge is 0.497 e. The fourth-order valence-electron chi connectivity index (χ4n) is 3.54. The molecule has 0 atom stereocenters. The number of benzene rings is 2. The number of carbonyl (C=O) groups excluding carboxylic acids is 1. The lowest BCUT2D eigenvalue weighted by molar-refractivity contribution is 0.0365. The SMILES string of the molecule is COc1ccc(OC)c(CN(CCCN2CCOCC2)C(=O)Nc2cccc(Cl)c2)c1. The van der Waals surface area contributed by atoms with E-state index in [9.17, 15) is 4.79 Å². The molecule has 0 aromatic heterocycles. The quantitative estimate of drug-likeness (QED) is 0.626. The fourth-order valence-corrected chi connectivity index (χ4v) is 3.73. The zero-order chi connectivity index (χ0) is 22.1. The van der Waals surface area contributed by atoms with Gasteiger partial charge in [-0.1, -0.05) is 17.7 Å². The highest BCUT2D eigenvalue weighted by molar-refractivity contribution is 6.30. The molecule has 0 aliphatic carbocycles. The zero-order valence-electron chi connectivity index (χ0n) is 18.1. The van der Waals surface area contributed by atoms with Gasteiger partial charge in [-0.05, 0) is 42.8 Å². The summed E-state index contributed by atoms with van der Waals surface area (Å²) in [4.78, 5) is 17.3. The summed E-state index contributed by atoms with van der Waals surface area (Å²) < 4.78 is 16.3. The van der Waals surface area contributed by atoms with Gasteiger partial charge in [0, 0.05) is 42.5 Å². The lowest BCUT2D eigenvalue weighted by Crippen LogP contribution is -2.40. The van der Waals surface area contributed by atoms with Crippen molar-refractivity contribution in [3.8, 4) is 11.5 Å². The number of hydrogen-bond donors (Lipinski definition) is 1. The summed E-state index contributed by atoms with van der Waals surface area (Å²) in [7, 11) is 3.25. The van der Waals surface area contributed by atoms with Crippen LogP contribution in [0.1, 0.15) is 12.0 Å². The van der Waals surface area contributed by atoms with Crippen LogP contribution in [0.2, 0.25) is 5.02 Å². The van der Waals surface area contributed by atoms with E-state index in [1.807, 2.05) is 30.3 Å². The molecule has 1 heterocycles. The van der Waals surface area contributed by atoms with Gasteiger partial charge in [-0.15, -0.1) is 0 Å². The molecular formula is C23H30ClN3O4. The van der Waals surface area contributed by atoms with Crippen molar-refractivity contribution in [2.45, 2.75) is 13.0 Å². The van der Waals surface area contributed by atoms with Crippen LogP contribution in [0.3, 0.4) is 0 Å². The third-order valence-electron chi connectivity index (χ3n) is 5.22. The van der Waals surface area contributed by atoms with E-state index in [0.717, 1.165) is 56.3 Å². The van der Waals surface area contributed by atoms with E-state index in [4.69, 9.17) is 25.8 Å². The van der Waals surface area contributed by atoms with Crippen molar-refractivity contribution in [3.63, 3.8) is 0 Å². The first-order valence-electron chi connectivity index (χ1n) is 10.4. The molecule has 0 unspecified atom stereocenters. The number of morpholine rings is 1. The molecule has 31 heavy (non-hydrogen) atoms. The van der Waals surface area contributed by atoms with Crippen molar-refractivity contribution in [1.82, 2.24) is 9.80 Å². The Morgan fingerprint density at radius 3 is 2.68 bits per heavy atom. The number of methoxy groups -OCH3 is 2. The van der Waals surface area contributed by atoms with E-state index >= 15 is 0 Å². The van der Waals surface area contributed by atoms with Gasteiger partial charge in [-0.2, -0.15) is 0 Å². The minimum Gasteiger partial charge on any atom is -0.497 e. The molecule has 3 rings (SSSR count). The van der Waals surface area contributed by atoms with Crippen LogP contribution < -0.4 is 14.8 Å². The van der Waals surface area contributed by atoms with Crippen molar-refractivity contribution in [1.29, 1.82) is 0 Å². The van der Waals surface area contributed by atoms with Crippen molar-refractivity contribution in [2.75, 3.05) is 58.9 Å². The van der Waals surface area contributed by atoms with Crippen molar-refractivity contribution in [3.05, 3.63) is 53.1 Å². The molecule has 0 bridgehead atoms. The van der Waals surface area contributed by atoms with E-state index in [1.165, 1.54) is 0 Å². The van der Waals surface area contributed by atoms with E-state index < -0.39 is 0 Å². The third kappa shape index (κ3) is 7.02. The Morgan fingerprint density at radius 1 is 1.16 bits per heavy atom. The molecule has 0 radical (unpaired) electrons. The van der Waals surface area contributed by atoms with Crippen LogP contribution in [0.25, 0.3) is 0 Å². The van der Waals surface area contributed by atoms with Gasteiger partial charge in [0.2, 0.25) is 0 Å². The average molecular weight is 448 g/mol. The summed E-state index contributed by atoms with van der Waals surface area (Å²) in [5.74, 6) is 1.44. The Morgan fingerprint density at radius 2 is 1.97 bits per heavy atom. The molecule has 1 aliphatic heterocycles. The number of hydrogen-bond acceptors (Lipinski definition) is 5. The second-order valence-electron chi connectivity index (χ2n) is 7.35. The molecule has 7 nitrogen and oxygen atoms in total. The predicted molar refractivity (Wildman–Crippen MR) is 122 cm³/mol. The lowest BCUT2D eigenvalue weighted by Gasteiger charge is -2.29. The van der Waals surface area contributed by atoms with Crippen molar-refractivity contribution in [2.24, 2.45) is 0 Å². The van der Waals surface area contributed by atoms with Gasteiger partial charge in [0.05, 0.1) is 34.0 Å². The van der Waals surface area contributed by atoms with Crippen molar-refractivity contribution >= 4 is 23.3 Å². The number of amides is 2. The van der Waals surface area contributed by atoms with Gasteiger partial charge < -0.3 is 24.4 Å². The topological polar surface area (TPSA) is 63.3 Å². The monoisotopic (exact) mass is 447 g/mol. The number of anilines is 1. The molecule has 8 heteroatoms. The minimum absolute atomic E-state index is 0.186. The summed E-state index contributed by atoms with van der Waals surface area (Å²) in [6.07, 6.45) is 0.856. The van der Waals surface area contributed by atoms with E-state index in [0.29, 0.717) is 23.8 Å². The van der Waals surface area contributed by atoms with Gasteiger partial charge in [0.15, 0.2) is 0 Å². The van der Waals surface area contributed by atoms with Crippen LogP contribution in [0.15, 0.2) is 42.5 Å². The van der Waals surface area contributed by atoms with Gasteiger partial charge in [0.1, 0.15) is 11.5 Å². The van der Waals surface area contributed by atoms with Crippen molar-refractivity contribution < 1.29 is 19.0 Å². The second kappa shape index (κ2) is 11.8. The molecule has 0 spiro atoms. The highest BCUT2D eigenvalue weighted by atomic mass is 35.5. The number of rotatable bonds is 9. The highest BCUT2D eigenvalue weighted by Gasteiger charge is 2.18. The van der Waals surface area contributed by atoms with Gasteiger partial charge in [0.25, 0.3) is 0 Å². The molecule has 0 saturated carbocycles. The van der Waals surface area contributed by atoms with Crippen LogP contribution >= 0.6 is 11.6 Å². The number of nitrogens with zero attached hydrogens (tertiary/aromatic N) is 2. The van der Waals surface area contributed by atoms with E-state index in [2.05, 4.69) is 10.2 Å². The van der Waals surface area contributed by atoms with Crippen LogP contribution in [-0.2, 0) is 11.3 Å². The van der Waals surface area contributed by atoms with Crippen LogP contribution in [0.4, 0.5) is 10.5 Å². The first kappa shape index (κ1) is 23.2. The molecule has 1 saturated heterocycles. The molecule has 1 fully saturated rings. The molecule has 1 aliphatic rings. The van der Waals surface area contributed by atoms with E-state index in [-0.39, 0.29) is 6.03 Å². The first-order chi connectivity index (χ1) is 15.1. The molecule has 2 aromatic rings. The summed E-state index contributed by atoms with van der Waals surface area (Å²) >= 11 is 6.07. The van der Waals surface area contributed by atoms with Gasteiger partial charge in [-0.25, -0.2) is 4.79 Å². The Labute approximate surface area is 188 Å². The maximum absolute atomic E-state index is 13.1. The highest BCUT2D eigenvalue weighted by Crippen LogP contribution is 2.26. The molecule has 168 valence electrons. The normalized spacial score (nSPS) is 14.2. The number of halogens is 1. The smallest absolute Gasteiger partial charge is 0.322 e. The van der Waals surface area contributed by atoms with E-state index in [1.54, 1.807) is 31.3 Å². The third-order valence-corrected chi connectivity index (χ3v) is 5.45. The number of ether oxygens (including phenoxy) is 3. The maximum Gasteiger partial charge on any atom is 0.322 e. The lowest BCUT2D eigenvalue weighted by atomic mass is 10.1. The molecular weight excluding hydrogens is 418 g/mol. The minimum atomic E-state index is -0.186. The first-order valence-corrected chi connectivity index (χ1v) is 10.8. The Bertz CT molecular complexity index is 858. The summed E-state index contributed by atoms with van der Waals surface area (Å²) in [6.45, 7) is 5.30. The fraction of sp³-hybridized carbons (Fsp3) is 0.435. The number of carbonyl (C=O) groups is 1. The average Bonchev–Trinajstić information content (AvgIpc) is 2.79. The summed E-state index contributed by atoms with van der Waals surface area (Å²) in [5, 5.41) is 3.53. The Hall–Kier alpha value is -2.48. The number of urea groups is 1. The van der Waals surface area contributed by atoms with Crippen LogP contribution in [0, 0.1) is 0 Å². The summed E-state index contributed by atoms with van der Waals surface area (Å²) in [5.41, 5.74) is 1.54. The molecule has 2 amide bonds. The Balaban J connectivity index is 1.72. The van der Waals surface area contributed by atoms with Crippen LogP contribution in [-0.4, -0.2) is 69.4 Å². The van der Waals surface area contributed by atoms with Gasteiger partial charge >= 0.3 is 6.03 Å². The maximum atomic E-state index is 13.1. The van der Waals surface area contributed by atoms with Gasteiger partial charge in [-0.3, -0.25) is 4.90 Å². The molecule has 2 aromatic carbocycles. The second-order valence-corrected chi connectivity index (χ2v) is 7.78. The summed E-state index contributed by atoms with van der Waals surface area (Å²) in [6, 6.07) is 12.6. The van der Waals surface area contributed by atoms with Crippen LogP contribution in [0.5, 0.6) is 11.5 Å².